The van der Waals surface area contributed by atoms with Crippen LogP contribution in [-0.4, -0.2) is 39.1 Å². The highest BCUT2D eigenvalue weighted by molar-refractivity contribution is 5.71. The number of hydrogen-bond acceptors (Lipinski definition) is 6. The van der Waals surface area contributed by atoms with E-state index in [4.69, 9.17) is 9.72 Å². The minimum Gasteiger partial charge on any atom is -0.488 e. The minimum absolute atomic E-state index is 0.281. The molecule has 1 aliphatic heterocycles. The average Bonchev–Trinajstić information content (AvgIpc) is 2.96. The van der Waals surface area contributed by atoms with Gasteiger partial charge < -0.3 is 14.7 Å². The molecule has 212 valence electrons. The standard InChI is InChI=1S/C31H29F3N4O3/c1-19-3-8-28(25(15-19)27-9-12-35-30(37-27)38-13-10-21(11-14-38)29(39)40)41-18-23-5-4-22(16-20(23)2)26-7-6-24(17-36-26)31(32,33)34/h3-9,12,15-17,21H,10-11,13-14,18H2,1-2H3,(H,39,40). The predicted molar refractivity (Wildman–Crippen MR) is 149 cm³/mol. The fourth-order valence-electron chi connectivity index (χ4n) is 4.85. The number of pyridine rings is 1. The van der Waals surface area contributed by atoms with Crippen LogP contribution >= 0.6 is 0 Å². The van der Waals surface area contributed by atoms with Gasteiger partial charge in [0.2, 0.25) is 5.95 Å². The van der Waals surface area contributed by atoms with Crippen molar-refractivity contribution in [2.45, 2.75) is 39.5 Å². The molecule has 0 saturated carbocycles. The van der Waals surface area contributed by atoms with Gasteiger partial charge in [0, 0.05) is 36.6 Å². The number of carboxylic acid groups (broad SMARTS) is 1. The fraction of sp³-hybridized carbons (Fsp3) is 0.290. The van der Waals surface area contributed by atoms with Crippen molar-refractivity contribution in [1.29, 1.82) is 0 Å². The molecular weight excluding hydrogens is 533 g/mol. The van der Waals surface area contributed by atoms with Crippen LogP contribution in [0.1, 0.15) is 35.1 Å². The van der Waals surface area contributed by atoms with E-state index >= 15 is 0 Å². The Morgan fingerprint density at radius 2 is 1.78 bits per heavy atom. The van der Waals surface area contributed by atoms with Gasteiger partial charge in [0.15, 0.2) is 0 Å². The van der Waals surface area contributed by atoms with E-state index in [2.05, 4.69) is 9.97 Å². The molecule has 41 heavy (non-hydrogen) atoms. The second-order valence-corrected chi connectivity index (χ2v) is 10.2. The topological polar surface area (TPSA) is 88.4 Å². The van der Waals surface area contributed by atoms with E-state index in [0.29, 0.717) is 49.0 Å². The first-order valence-corrected chi connectivity index (χ1v) is 13.3. The van der Waals surface area contributed by atoms with Gasteiger partial charge in [-0.25, -0.2) is 9.97 Å². The Morgan fingerprint density at radius 1 is 1.00 bits per heavy atom. The first kappa shape index (κ1) is 28.1. The highest BCUT2D eigenvalue weighted by Crippen LogP contribution is 2.33. The molecule has 0 atom stereocenters. The molecule has 5 rings (SSSR count). The third-order valence-electron chi connectivity index (χ3n) is 7.29. The van der Waals surface area contributed by atoms with E-state index in [0.717, 1.165) is 40.1 Å². The van der Waals surface area contributed by atoms with Crippen molar-refractivity contribution in [3.63, 3.8) is 0 Å². The van der Waals surface area contributed by atoms with Gasteiger partial charge in [-0.1, -0.05) is 23.8 Å². The van der Waals surface area contributed by atoms with Crippen molar-refractivity contribution in [3.8, 4) is 28.3 Å². The summed E-state index contributed by atoms with van der Waals surface area (Å²) in [5.74, 6) is 0.108. The third kappa shape index (κ3) is 6.48. The normalized spacial score (nSPS) is 14.2. The number of carboxylic acids is 1. The van der Waals surface area contributed by atoms with Crippen molar-refractivity contribution < 1.29 is 27.8 Å². The first-order chi connectivity index (χ1) is 19.6. The number of anilines is 1. The molecular formula is C31H29F3N4O3. The van der Waals surface area contributed by atoms with Gasteiger partial charge in [-0.3, -0.25) is 9.78 Å². The smallest absolute Gasteiger partial charge is 0.417 e. The number of aliphatic carboxylic acids is 1. The Bertz CT molecular complexity index is 1550. The number of alkyl halides is 3. The molecule has 0 amide bonds. The largest absolute Gasteiger partial charge is 0.488 e. The van der Waals surface area contributed by atoms with Crippen molar-refractivity contribution >= 4 is 11.9 Å². The van der Waals surface area contributed by atoms with Gasteiger partial charge in [0.25, 0.3) is 0 Å². The van der Waals surface area contributed by atoms with Crippen LogP contribution in [0.25, 0.3) is 22.5 Å². The van der Waals surface area contributed by atoms with Gasteiger partial charge in [-0.15, -0.1) is 0 Å². The molecule has 0 radical (unpaired) electrons. The molecule has 0 bridgehead atoms. The SMILES string of the molecule is Cc1ccc(OCc2ccc(-c3ccc(C(F)(F)F)cn3)cc2C)c(-c2ccnc(N3CCC(C(=O)O)CC3)n2)c1. The number of aryl methyl sites for hydroxylation is 2. The number of hydrogen-bond donors (Lipinski definition) is 1. The van der Waals surface area contributed by atoms with E-state index in [9.17, 15) is 23.1 Å². The lowest BCUT2D eigenvalue weighted by molar-refractivity contribution is -0.142. The molecule has 2 aromatic carbocycles. The van der Waals surface area contributed by atoms with Crippen LogP contribution in [0, 0.1) is 19.8 Å². The molecule has 2 aromatic heterocycles. The van der Waals surface area contributed by atoms with Crippen molar-refractivity contribution in [3.05, 3.63) is 89.2 Å². The Hall–Kier alpha value is -4.47. The summed E-state index contributed by atoms with van der Waals surface area (Å²) >= 11 is 0. The molecule has 3 heterocycles. The highest BCUT2D eigenvalue weighted by Gasteiger charge is 2.30. The number of aromatic nitrogens is 3. The van der Waals surface area contributed by atoms with Crippen molar-refractivity contribution in [2.24, 2.45) is 5.92 Å². The van der Waals surface area contributed by atoms with Crippen LogP contribution < -0.4 is 9.64 Å². The van der Waals surface area contributed by atoms with Crippen LogP contribution in [0.4, 0.5) is 19.1 Å². The van der Waals surface area contributed by atoms with E-state index in [-0.39, 0.29) is 12.5 Å². The number of benzene rings is 2. The van der Waals surface area contributed by atoms with E-state index < -0.39 is 17.7 Å². The molecule has 0 unspecified atom stereocenters. The highest BCUT2D eigenvalue weighted by atomic mass is 19.4. The Labute approximate surface area is 235 Å². The Balaban J connectivity index is 1.32. The molecule has 7 nitrogen and oxygen atoms in total. The number of halogens is 3. The van der Waals surface area contributed by atoms with Gasteiger partial charge in [0.05, 0.1) is 22.9 Å². The van der Waals surface area contributed by atoms with Crippen molar-refractivity contribution in [2.75, 3.05) is 18.0 Å². The lowest BCUT2D eigenvalue weighted by Gasteiger charge is -2.30. The molecule has 0 aliphatic carbocycles. The molecule has 4 aromatic rings. The average molecular weight is 563 g/mol. The molecule has 1 N–H and O–H groups in total. The van der Waals surface area contributed by atoms with Crippen LogP contribution in [0.5, 0.6) is 5.75 Å². The Morgan fingerprint density at radius 3 is 2.44 bits per heavy atom. The van der Waals surface area contributed by atoms with Gasteiger partial charge in [-0.2, -0.15) is 13.2 Å². The second-order valence-electron chi connectivity index (χ2n) is 10.2. The summed E-state index contributed by atoms with van der Waals surface area (Å²) in [7, 11) is 0. The predicted octanol–water partition coefficient (Wildman–Crippen LogP) is 6.72. The monoisotopic (exact) mass is 562 g/mol. The minimum atomic E-state index is -4.43. The Kier molecular flexibility index (Phi) is 7.92. The lowest BCUT2D eigenvalue weighted by Crippen LogP contribution is -2.37. The maximum atomic E-state index is 12.9. The molecule has 0 spiro atoms. The zero-order valence-electron chi connectivity index (χ0n) is 22.7. The van der Waals surface area contributed by atoms with Crippen LogP contribution in [0.15, 0.2) is 67.0 Å². The number of piperidine rings is 1. The maximum Gasteiger partial charge on any atom is 0.417 e. The molecule has 1 saturated heterocycles. The number of ether oxygens (including phenoxy) is 1. The van der Waals surface area contributed by atoms with Crippen LogP contribution in [0.2, 0.25) is 0 Å². The van der Waals surface area contributed by atoms with Crippen LogP contribution in [0.3, 0.4) is 0 Å². The van der Waals surface area contributed by atoms with Gasteiger partial charge in [0.1, 0.15) is 12.4 Å². The lowest BCUT2D eigenvalue weighted by atomic mass is 9.97. The third-order valence-corrected chi connectivity index (χ3v) is 7.29. The molecule has 1 fully saturated rings. The zero-order valence-corrected chi connectivity index (χ0v) is 22.7. The number of rotatable bonds is 7. The summed E-state index contributed by atoms with van der Waals surface area (Å²) < 4.78 is 44.9. The van der Waals surface area contributed by atoms with Gasteiger partial charge in [-0.05, 0) is 74.2 Å². The zero-order chi connectivity index (χ0) is 29.1. The first-order valence-electron chi connectivity index (χ1n) is 13.3. The summed E-state index contributed by atoms with van der Waals surface area (Å²) in [5, 5.41) is 9.29. The number of nitrogens with zero attached hydrogens (tertiary/aromatic N) is 4. The summed E-state index contributed by atoms with van der Waals surface area (Å²) in [6, 6.07) is 15.7. The van der Waals surface area contributed by atoms with Crippen LogP contribution in [-0.2, 0) is 17.6 Å². The van der Waals surface area contributed by atoms with E-state index in [1.54, 1.807) is 6.20 Å². The number of carbonyl (C=O) groups is 1. The molecule has 1 aliphatic rings. The molecule has 10 heteroatoms. The van der Waals surface area contributed by atoms with Crippen molar-refractivity contribution in [1.82, 2.24) is 15.0 Å². The fourth-order valence-corrected chi connectivity index (χ4v) is 4.85. The summed E-state index contributed by atoms with van der Waals surface area (Å²) in [5.41, 5.74) is 4.81. The summed E-state index contributed by atoms with van der Waals surface area (Å²) in [4.78, 5) is 26.5. The van der Waals surface area contributed by atoms with E-state index in [1.165, 1.54) is 6.07 Å². The summed E-state index contributed by atoms with van der Waals surface area (Å²) in [6.07, 6.45) is -0.782. The maximum absolute atomic E-state index is 12.9. The summed E-state index contributed by atoms with van der Waals surface area (Å²) in [6.45, 7) is 5.35. The van der Waals surface area contributed by atoms with Gasteiger partial charge >= 0.3 is 12.1 Å². The second kappa shape index (κ2) is 11.6. The van der Waals surface area contributed by atoms with E-state index in [1.807, 2.05) is 61.2 Å². The quantitative estimate of drug-likeness (QED) is 0.267.